The van der Waals surface area contributed by atoms with Crippen LogP contribution in [0.1, 0.15) is 69.8 Å². The van der Waals surface area contributed by atoms with Crippen molar-refractivity contribution >= 4 is 38.6 Å². The van der Waals surface area contributed by atoms with Gasteiger partial charge in [0.2, 0.25) is 5.91 Å². The number of amides is 1. The van der Waals surface area contributed by atoms with E-state index in [9.17, 15) is 14.3 Å². The van der Waals surface area contributed by atoms with E-state index < -0.39 is 11.4 Å². The number of imidazole rings is 1. The van der Waals surface area contributed by atoms with Gasteiger partial charge in [-0.05, 0) is 75.8 Å². The summed E-state index contributed by atoms with van der Waals surface area (Å²) in [6, 6.07) is 10.6. The highest BCUT2D eigenvalue weighted by Crippen LogP contribution is 2.42. The number of nitrogens with zero attached hydrogens (tertiary/aromatic N) is 3. The molecule has 1 aliphatic heterocycles. The minimum absolute atomic E-state index is 0.0350. The van der Waals surface area contributed by atoms with E-state index in [2.05, 4.69) is 26.6 Å². The number of hydrogen-bond donors (Lipinski definition) is 1. The normalized spacial score (nSPS) is 25.7. The van der Waals surface area contributed by atoms with Crippen LogP contribution in [0.15, 0.2) is 40.9 Å². The molecule has 0 bridgehead atoms. The third-order valence-corrected chi connectivity index (χ3v) is 7.73. The number of rotatable bonds is 4. The summed E-state index contributed by atoms with van der Waals surface area (Å²) in [7, 11) is 1.43. The van der Waals surface area contributed by atoms with E-state index in [-0.39, 0.29) is 23.7 Å². The summed E-state index contributed by atoms with van der Waals surface area (Å²) in [4.78, 5) is 19.9. The van der Waals surface area contributed by atoms with E-state index in [1.54, 1.807) is 17.0 Å². The quantitative estimate of drug-likeness (QED) is 0.445. The Morgan fingerprint density at radius 2 is 1.94 bits per heavy atom. The molecule has 2 heterocycles. The summed E-state index contributed by atoms with van der Waals surface area (Å²) in [5.41, 5.74) is 1.74. The lowest BCUT2D eigenvalue weighted by molar-refractivity contribution is -0.120. The van der Waals surface area contributed by atoms with Gasteiger partial charge in [0.25, 0.3) is 0 Å². The molecule has 1 amide bonds. The van der Waals surface area contributed by atoms with Crippen molar-refractivity contribution < 1.29 is 19.0 Å². The summed E-state index contributed by atoms with van der Waals surface area (Å²) >= 11 is 3.55. The van der Waals surface area contributed by atoms with Crippen LogP contribution in [-0.4, -0.2) is 33.3 Å². The summed E-state index contributed by atoms with van der Waals surface area (Å²) in [5, 5.41) is 10.5. The predicted molar refractivity (Wildman–Crippen MR) is 133 cm³/mol. The zero-order valence-electron chi connectivity index (χ0n) is 19.4. The van der Waals surface area contributed by atoms with Crippen molar-refractivity contribution in [1.82, 2.24) is 9.55 Å². The number of benzene rings is 2. The Morgan fingerprint density at radius 1 is 1.18 bits per heavy atom. The fraction of sp³-hybridized carbons (Fsp3) is 0.462. The summed E-state index contributed by atoms with van der Waals surface area (Å²) in [6.45, 7) is 1.90. The number of methoxy groups -OCH3 is 1. The molecule has 8 heteroatoms. The first-order chi connectivity index (χ1) is 16.3. The first-order valence-electron chi connectivity index (χ1n) is 11.8. The molecule has 2 aliphatic rings. The van der Waals surface area contributed by atoms with Gasteiger partial charge in [-0.15, -0.1) is 0 Å². The van der Waals surface area contributed by atoms with E-state index in [0.29, 0.717) is 24.9 Å². The van der Waals surface area contributed by atoms with Gasteiger partial charge < -0.3 is 19.3 Å². The van der Waals surface area contributed by atoms with E-state index >= 15 is 0 Å². The summed E-state index contributed by atoms with van der Waals surface area (Å²) < 4.78 is 22.9. The number of carbonyl (C=O) groups excluding carboxylic acids is 1. The number of hydrogen-bond acceptors (Lipinski definition) is 4. The molecular weight excluding hydrogens is 501 g/mol. The average Bonchev–Trinajstić information content (AvgIpc) is 3.17. The predicted octanol–water partition coefficient (Wildman–Crippen LogP) is 6.07. The zero-order chi connectivity index (χ0) is 24.0. The van der Waals surface area contributed by atoms with Crippen LogP contribution < -0.4 is 9.64 Å². The molecule has 1 aromatic heterocycles. The maximum atomic E-state index is 14.6. The highest BCUT2D eigenvalue weighted by molar-refractivity contribution is 9.10. The molecule has 1 unspecified atom stereocenters. The van der Waals surface area contributed by atoms with E-state index in [4.69, 9.17) is 9.72 Å². The fourth-order valence-corrected chi connectivity index (χ4v) is 5.78. The second-order valence-corrected chi connectivity index (χ2v) is 10.6. The molecule has 1 atom stereocenters. The molecule has 0 spiro atoms. The molecule has 3 aromatic rings. The third-order valence-electron chi connectivity index (χ3n) is 7.24. The number of aliphatic hydroxyl groups is 1. The third kappa shape index (κ3) is 4.22. The van der Waals surface area contributed by atoms with Crippen LogP contribution in [0.5, 0.6) is 5.75 Å². The first kappa shape index (κ1) is 23.3. The molecule has 0 radical (unpaired) electrons. The van der Waals surface area contributed by atoms with Gasteiger partial charge in [-0.2, -0.15) is 0 Å². The van der Waals surface area contributed by atoms with Gasteiger partial charge in [0.1, 0.15) is 5.82 Å². The Hall–Kier alpha value is -2.45. The molecule has 2 fully saturated rings. The second kappa shape index (κ2) is 8.96. The van der Waals surface area contributed by atoms with Crippen molar-refractivity contribution in [1.29, 1.82) is 0 Å². The number of aromatic nitrogens is 2. The largest absolute Gasteiger partial charge is 0.494 e. The number of fused-ring (bicyclic) bond motifs is 1. The number of piperidine rings is 1. The Bertz CT molecular complexity index is 1230. The minimum Gasteiger partial charge on any atom is -0.494 e. The van der Waals surface area contributed by atoms with Gasteiger partial charge in [-0.25, -0.2) is 9.37 Å². The molecular formula is C26H29BrFN3O3. The fourth-order valence-electron chi connectivity index (χ4n) is 5.44. The topological polar surface area (TPSA) is 67.6 Å². The van der Waals surface area contributed by atoms with Crippen molar-refractivity contribution in [3.8, 4) is 5.75 Å². The van der Waals surface area contributed by atoms with E-state index in [1.807, 2.05) is 19.1 Å². The molecule has 1 N–H and O–H groups in total. The zero-order valence-corrected chi connectivity index (χ0v) is 21.0. The lowest BCUT2D eigenvalue weighted by Crippen LogP contribution is -2.40. The van der Waals surface area contributed by atoms with Crippen LogP contribution in [0.3, 0.4) is 0 Å². The van der Waals surface area contributed by atoms with Gasteiger partial charge in [0.15, 0.2) is 11.6 Å². The monoisotopic (exact) mass is 529 g/mol. The molecule has 6 nitrogen and oxygen atoms in total. The maximum absolute atomic E-state index is 14.6. The first-order valence-corrected chi connectivity index (χ1v) is 12.6. The Kier molecular flexibility index (Phi) is 6.14. The highest BCUT2D eigenvalue weighted by atomic mass is 79.9. The number of carbonyl (C=O) groups is 1. The van der Waals surface area contributed by atoms with Gasteiger partial charge >= 0.3 is 0 Å². The van der Waals surface area contributed by atoms with Crippen molar-refractivity contribution in [2.75, 3.05) is 12.0 Å². The van der Waals surface area contributed by atoms with Crippen LogP contribution >= 0.6 is 15.9 Å². The Labute approximate surface area is 206 Å². The minimum atomic E-state index is -0.649. The SMILES string of the molecule is COc1ccc(N2C(=O)CCCC2c2nc3cc(Br)ccc3n2C2CCC(C)(O)CC2)cc1F. The smallest absolute Gasteiger partial charge is 0.227 e. The van der Waals surface area contributed by atoms with Gasteiger partial charge in [0.05, 0.1) is 29.8 Å². The van der Waals surface area contributed by atoms with Gasteiger partial charge in [-0.1, -0.05) is 15.9 Å². The van der Waals surface area contributed by atoms with Crippen molar-refractivity contribution in [2.45, 2.75) is 69.6 Å². The summed E-state index contributed by atoms with van der Waals surface area (Å²) in [6.07, 6.45) is 5.01. The Morgan fingerprint density at radius 3 is 2.65 bits per heavy atom. The highest BCUT2D eigenvalue weighted by Gasteiger charge is 2.37. The average molecular weight is 530 g/mol. The molecule has 180 valence electrons. The second-order valence-electron chi connectivity index (χ2n) is 9.69. The van der Waals surface area contributed by atoms with Crippen molar-refractivity contribution in [3.05, 3.63) is 52.5 Å². The standard InChI is InChI=1S/C26H29BrFN3O3/c1-26(33)12-10-17(11-13-26)31-21-8-6-16(27)14-20(21)29-25(31)22-4-3-5-24(32)30(22)18-7-9-23(34-2)19(28)15-18/h6-9,14-15,17,22,33H,3-5,10-13H2,1-2H3. The number of anilines is 1. The molecule has 1 aliphatic carbocycles. The molecule has 1 saturated heterocycles. The molecule has 2 aromatic carbocycles. The molecule has 1 saturated carbocycles. The van der Waals surface area contributed by atoms with Crippen LogP contribution in [0, 0.1) is 5.82 Å². The van der Waals surface area contributed by atoms with Crippen molar-refractivity contribution in [2.24, 2.45) is 0 Å². The van der Waals surface area contributed by atoms with Crippen molar-refractivity contribution in [3.63, 3.8) is 0 Å². The lowest BCUT2D eigenvalue weighted by atomic mass is 9.83. The van der Waals surface area contributed by atoms with Crippen LogP contribution in [-0.2, 0) is 4.79 Å². The van der Waals surface area contributed by atoms with E-state index in [1.165, 1.54) is 13.2 Å². The van der Waals surface area contributed by atoms with Crippen LogP contribution in [0.2, 0.25) is 0 Å². The number of halogens is 2. The number of ether oxygens (including phenoxy) is 1. The Balaban J connectivity index is 1.63. The van der Waals surface area contributed by atoms with E-state index in [0.717, 1.165) is 47.0 Å². The summed E-state index contributed by atoms with van der Waals surface area (Å²) in [5.74, 6) is 0.441. The lowest BCUT2D eigenvalue weighted by Gasteiger charge is -2.38. The van der Waals surface area contributed by atoms with Crippen LogP contribution in [0.4, 0.5) is 10.1 Å². The molecule has 34 heavy (non-hydrogen) atoms. The molecule has 5 rings (SSSR count). The van der Waals surface area contributed by atoms with Gasteiger partial charge in [0, 0.05) is 28.7 Å². The maximum Gasteiger partial charge on any atom is 0.227 e. The van der Waals surface area contributed by atoms with Gasteiger partial charge in [-0.3, -0.25) is 4.79 Å². The van der Waals surface area contributed by atoms with Crippen LogP contribution in [0.25, 0.3) is 11.0 Å².